The van der Waals surface area contributed by atoms with Crippen LogP contribution in [0.3, 0.4) is 0 Å². The third-order valence-corrected chi connectivity index (χ3v) is 3.86. The maximum absolute atomic E-state index is 10.4. The summed E-state index contributed by atoms with van der Waals surface area (Å²) < 4.78 is 1.41. The third kappa shape index (κ3) is 1.61. The minimum absolute atomic E-state index is 0.0536. The molecule has 0 saturated heterocycles. The molecule has 20 heavy (non-hydrogen) atoms. The summed E-state index contributed by atoms with van der Waals surface area (Å²) in [5.74, 6) is 0.175. The van der Waals surface area contributed by atoms with Crippen molar-refractivity contribution in [1.29, 1.82) is 0 Å². The van der Waals surface area contributed by atoms with Crippen molar-refractivity contribution in [1.82, 2.24) is 19.5 Å². The van der Waals surface area contributed by atoms with E-state index in [0.29, 0.717) is 11.2 Å². The van der Waals surface area contributed by atoms with Gasteiger partial charge in [-0.05, 0) is 0 Å². The fourth-order valence-corrected chi connectivity index (χ4v) is 2.79. The highest BCUT2D eigenvalue weighted by atomic mass is 16.4. The Morgan fingerprint density at radius 3 is 2.80 bits per heavy atom. The second kappa shape index (κ2) is 4.35. The van der Waals surface area contributed by atoms with Gasteiger partial charge in [-0.15, -0.1) is 0 Å². The molecule has 0 spiro atoms. The lowest BCUT2D eigenvalue weighted by Gasteiger charge is -2.32. The van der Waals surface area contributed by atoms with Crippen molar-refractivity contribution in [2.24, 2.45) is 0 Å². The number of hydrogen-bond donors (Lipinski definition) is 5. The smallest absolute Gasteiger partial charge is 0.165 e. The van der Waals surface area contributed by atoms with Gasteiger partial charge in [0, 0.05) is 6.42 Å². The topological polar surface area (TPSA) is 151 Å². The molecule has 0 radical (unpaired) electrons. The molecule has 4 atom stereocenters. The molecule has 4 unspecified atom stereocenters. The van der Waals surface area contributed by atoms with E-state index in [2.05, 4.69) is 15.0 Å². The normalized spacial score (nSPS) is 33.9. The maximum atomic E-state index is 10.4. The molecule has 6 N–H and O–H groups in total. The van der Waals surface area contributed by atoms with Gasteiger partial charge in [-0.1, -0.05) is 0 Å². The molecule has 0 amide bonds. The number of rotatable bonds is 2. The summed E-state index contributed by atoms with van der Waals surface area (Å²) in [5.41, 5.74) is 4.47. The van der Waals surface area contributed by atoms with Crippen molar-refractivity contribution in [3.8, 4) is 0 Å². The van der Waals surface area contributed by atoms with E-state index in [9.17, 15) is 20.4 Å². The Bertz CT molecular complexity index is 647. The fourth-order valence-electron chi connectivity index (χ4n) is 2.79. The summed E-state index contributed by atoms with van der Waals surface area (Å²) in [6, 6.07) is -0.971. The Morgan fingerprint density at radius 1 is 1.35 bits per heavy atom. The molecular weight excluding hydrogens is 266 g/mol. The average molecular weight is 281 g/mol. The maximum Gasteiger partial charge on any atom is 0.165 e. The average Bonchev–Trinajstić information content (AvgIpc) is 2.92. The SMILES string of the molecule is Nc1ncnc2c1ncn2C1C(O)CC(O)C1(O)CO. The summed E-state index contributed by atoms with van der Waals surface area (Å²) in [6.45, 7) is -0.698. The van der Waals surface area contributed by atoms with Gasteiger partial charge in [-0.2, -0.15) is 0 Å². The fraction of sp³-hybridized carbons (Fsp3) is 0.545. The van der Waals surface area contributed by atoms with E-state index in [-0.39, 0.29) is 12.2 Å². The molecule has 1 fully saturated rings. The molecule has 0 aromatic carbocycles. The van der Waals surface area contributed by atoms with Gasteiger partial charge in [0.1, 0.15) is 17.4 Å². The van der Waals surface area contributed by atoms with E-state index in [1.165, 1.54) is 17.2 Å². The number of nitrogens with two attached hydrogens (primary N) is 1. The second-order valence-electron chi connectivity index (χ2n) is 5.00. The Kier molecular flexibility index (Phi) is 2.87. The Balaban J connectivity index is 2.17. The standard InChI is InChI=1S/C11H15N5O4/c12-9-7-10(14-3-13-9)16(4-15-7)8-5(18)1-6(19)11(8,20)2-17/h3-6,8,17-20H,1-2H2,(H2,12,13,14). The van der Waals surface area contributed by atoms with Crippen LogP contribution in [0.2, 0.25) is 0 Å². The zero-order valence-corrected chi connectivity index (χ0v) is 10.5. The molecular formula is C11H15N5O4. The molecule has 1 aliphatic carbocycles. The number of imidazole rings is 1. The summed E-state index contributed by atoms with van der Waals surface area (Å²) >= 11 is 0. The van der Waals surface area contributed by atoms with E-state index in [1.807, 2.05) is 0 Å². The van der Waals surface area contributed by atoms with Crippen LogP contribution in [0.5, 0.6) is 0 Å². The Hall–Kier alpha value is -1.81. The molecule has 1 aliphatic rings. The highest BCUT2D eigenvalue weighted by Gasteiger charge is 2.54. The van der Waals surface area contributed by atoms with Gasteiger partial charge in [-0.25, -0.2) is 15.0 Å². The first-order valence-electron chi connectivity index (χ1n) is 6.11. The minimum Gasteiger partial charge on any atom is -0.393 e. The number of fused-ring (bicyclic) bond motifs is 1. The van der Waals surface area contributed by atoms with Crippen LogP contribution < -0.4 is 5.73 Å². The molecule has 9 heteroatoms. The van der Waals surface area contributed by atoms with Gasteiger partial charge < -0.3 is 30.7 Å². The molecule has 108 valence electrons. The highest BCUT2D eigenvalue weighted by molar-refractivity contribution is 5.81. The van der Waals surface area contributed by atoms with Crippen LogP contribution in [-0.2, 0) is 0 Å². The predicted octanol–water partition coefficient (Wildman–Crippen LogP) is -2.20. The molecule has 1 saturated carbocycles. The first-order valence-corrected chi connectivity index (χ1v) is 6.11. The van der Waals surface area contributed by atoms with E-state index in [1.54, 1.807) is 0 Å². The van der Waals surface area contributed by atoms with Crippen LogP contribution in [0.1, 0.15) is 12.5 Å². The number of aromatic nitrogens is 4. The minimum atomic E-state index is -1.87. The van der Waals surface area contributed by atoms with Crippen LogP contribution in [0.15, 0.2) is 12.7 Å². The second-order valence-corrected chi connectivity index (χ2v) is 5.00. The van der Waals surface area contributed by atoms with Gasteiger partial charge in [0.2, 0.25) is 0 Å². The van der Waals surface area contributed by atoms with Crippen LogP contribution >= 0.6 is 0 Å². The zero-order valence-electron chi connectivity index (χ0n) is 10.5. The van der Waals surface area contributed by atoms with Gasteiger partial charge in [0.05, 0.1) is 31.2 Å². The molecule has 2 aromatic heterocycles. The van der Waals surface area contributed by atoms with Gasteiger partial charge in [0.15, 0.2) is 11.5 Å². The third-order valence-electron chi connectivity index (χ3n) is 3.86. The van der Waals surface area contributed by atoms with E-state index in [4.69, 9.17) is 5.73 Å². The monoisotopic (exact) mass is 281 g/mol. The first-order chi connectivity index (χ1) is 9.49. The number of anilines is 1. The molecule has 0 aliphatic heterocycles. The van der Waals surface area contributed by atoms with Crippen LogP contribution in [0.4, 0.5) is 5.82 Å². The quantitative estimate of drug-likeness (QED) is 0.416. The van der Waals surface area contributed by atoms with Crippen LogP contribution in [0, 0.1) is 0 Å². The van der Waals surface area contributed by atoms with E-state index in [0.717, 1.165) is 0 Å². The first kappa shape index (κ1) is 13.2. The number of aliphatic hydroxyl groups is 4. The van der Waals surface area contributed by atoms with E-state index >= 15 is 0 Å². The predicted molar refractivity (Wildman–Crippen MR) is 67.4 cm³/mol. The summed E-state index contributed by atoms with van der Waals surface area (Å²) in [5, 5.41) is 39.7. The molecule has 9 nitrogen and oxygen atoms in total. The lowest BCUT2D eigenvalue weighted by molar-refractivity contribution is -0.111. The Morgan fingerprint density at radius 2 is 2.10 bits per heavy atom. The Labute approximate surface area is 113 Å². The largest absolute Gasteiger partial charge is 0.393 e. The molecule has 2 heterocycles. The molecule has 3 rings (SSSR count). The van der Waals surface area contributed by atoms with Gasteiger partial charge in [-0.3, -0.25) is 0 Å². The number of nitrogen functional groups attached to an aromatic ring is 1. The van der Waals surface area contributed by atoms with Crippen molar-refractivity contribution in [3.63, 3.8) is 0 Å². The van der Waals surface area contributed by atoms with Crippen molar-refractivity contribution in [2.45, 2.75) is 30.3 Å². The lowest BCUT2D eigenvalue weighted by Crippen LogP contribution is -2.48. The lowest BCUT2D eigenvalue weighted by atomic mass is 9.96. The number of nitrogens with zero attached hydrogens (tertiary/aromatic N) is 4. The van der Waals surface area contributed by atoms with Crippen molar-refractivity contribution in [3.05, 3.63) is 12.7 Å². The summed E-state index contributed by atoms with van der Waals surface area (Å²) in [4.78, 5) is 11.9. The van der Waals surface area contributed by atoms with Crippen molar-refractivity contribution in [2.75, 3.05) is 12.3 Å². The summed E-state index contributed by atoms with van der Waals surface area (Å²) in [7, 11) is 0. The van der Waals surface area contributed by atoms with Crippen LogP contribution in [-0.4, -0.2) is 64.4 Å². The van der Waals surface area contributed by atoms with Gasteiger partial charge in [0.25, 0.3) is 0 Å². The van der Waals surface area contributed by atoms with Crippen molar-refractivity contribution >= 4 is 17.0 Å². The zero-order chi connectivity index (χ0) is 14.5. The van der Waals surface area contributed by atoms with Crippen LogP contribution in [0.25, 0.3) is 11.2 Å². The van der Waals surface area contributed by atoms with Crippen molar-refractivity contribution < 1.29 is 20.4 Å². The molecule has 2 aromatic rings. The number of hydrogen-bond acceptors (Lipinski definition) is 8. The number of aliphatic hydroxyl groups excluding tert-OH is 3. The summed E-state index contributed by atoms with van der Waals surface area (Å²) in [6.07, 6.45) is 0.246. The van der Waals surface area contributed by atoms with E-state index < -0.39 is 30.5 Å². The highest BCUT2D eigenvalue weighted by Crippen LogP contribution is 2.41. The molecule has 0 bridgehead atoms. The van der Waals surface area contributed by atoms with Gasteiger partial charge >= 0.3 is 0 Å².